The van der Waals surface area contributed by atoms with Crippen LogP contribution in [0.5, 0.6) is 0 Å². The largest absolute Gasteiger partial charge is 0.327 e. The smallest absolute Gasteiger partial charge is 0.254 e. The fourth-order valence-corrected chi connectivity index (χ4v) is 2.41. The van der Waals surface area contributed by atoms with Crippen LogP contribution in [0, 0.1) is 18.3 Å². The van der Waals surface area contributed by atoms with Gasteiger partial charge in [-0.25, -0.2) is 4.98 Å². The highest BCUT2D eigenvalue weighted by atomic mass is 35.5. The summed E-state index contributed by atoms with van der Waals surface area (Å²) in [5.41, 5.74) is 1.44. The SMILES string of the molecule is C#CCN(CC1CC1)C(=O)c1cc(Cl)nc(CCC)c1. The first-order chi connectivity index (χ1) is 9.63. The minimum absolute atomic E-state index is 0.0449. The molecule has 1 aliphatic carbocycles. The van der Waals surface area contributed by atoms with E-state index >= 15 is 0 Å². The van der Waals surface area contributed by atoms with Gasteiger partial charge in [0.1, 0.15) is 5.15 Å². The van der Waals surface area contributed by atoms with Crippen LogP contribution in [0.25, 0.3) is 0 Å². The molecule has 1 aliphatic rings. The van der Waals surface area contributed by atoms with Gasteiger partial charge >= 0.3 is 0 Å². The Labute approximate surface area is 125 Å². The molecule has 0 atom stereocenters. The van der Waals surface area contributed by atoms with Gasteiger partial charge in [0.25, 0.3) is 5.91 Å². The van der Waals surface area contributed by atoms with Crippen LogP contribution in [0.15, 0.2) is 12.1 Å². The van der Waals surface area contributed by atoms with Gasteiger partial charge in [-0.05, 0) is 37.3 Å². The van der Waals surface area contributed by atoms with E-state index in [2.05, 4.69) is 17.8 Å². The lowest BCUT2D eigenvalue weighted by molar-refractivity contribution is 0.0769. The molecule has 1 aromatic heterocycles. The van der Waals surface area contributed by atoms with Crippen LogP contribution in [0.2, 0.25) is 5.15 Å². The lowest BCUT2D eigenvalue weighted by Gasteiger charge is -2.20. The van der Waals surface area contributed by atoms with Crippen LogP contribution >= 0.6 is 11.6 Å². The van der Waals surface area contributed by atoms with Crippen molar-refractivity contribution >= 4 is 17.5 Å². The first-order valence-electron chi connectivity index (χ1n) is 7.03. The Hall–Kier alpha value is -1.53. The van der Waals surface area contributed by atoms with Crippen molar-refractivity contribution in [3.8, 4) is 12.3 Å². The van der Waals surface area contributed by atoms with E-state index in [-0.39, 0.29) is 5.91 Å². The number of aryl methyl sites for hydroxylation is 1. The molecule has 4 heteroatoms. The predicted octanol–water partition coefficient (Wildman–Crippen LogP) is 3.17. The van der Waals surface area contributed by atoms with Gasteiger partial charge in [-0.1, -0.05) is 30.9 Å². The van der Waals surface area contributed by atoms with Gasteiger partial charge in [0, 0.05) is 17.8 Å². The Balaban J connectivity index is 2.18. The van der Waals surface area contributed by atoms with Crippen molar-refractivity contribution in [3.05, 3.63) is 28.5 Å². The van der Waals surface area contributed by atoms with Gasteiger partial charge in [-0.3, -0.25) is 4.79 Å². The van der Waals surface area contributed by atoms with E-state index in [1.165, 1.54) is 12.8 Å². The van der Waals surface area contributed by atoms with Crippen LogP contribution in [-0.4, -0.2) is 28.9 Å². The maximum atomic E-state index is 12.6. The van der Waals surface area contributed by atoms with Gasteiger partial charge in [-0.2, -0.15) is 0 Å². The summed E-state index contributed by atoms with van der Waals surface area (Å²) in [7, 11) is 0. The fourth-order valence-electron chi connectivity index (χ4n) is 2.18. The highest BCUT2D eigenvalue weighted by Gasteiger charge is 2.27. The summed E-state index contributed by atoms with van der Waals surface area (Å²) in [6, 6.07) is 3.45. The summed E-state index contributed by atoms with van der Waals surface area (Å²) in [4.78, 5) is 18.5. The van der Waals surface area contributed by atoms with Crippen molar-refractivity contribution in [2.24, 2.45) is 5.92 Å². The second-order valence-corrected chi connectivity index (χ2v) is 5.64. The van der Waals surface area contributed by atoms with Gasteiger partial charge in [0.15, 0.2) is 0 Å². The third kappa shape index (κ3) is 3.98. The van der Waals surface area contributed by atoms with Crippen molar-refractivity contribution < 1.29 is 4.79 Å². The molecule has 1 saturated carbocycles. The summed E-state index contributed by atoms with van der Waals surface area (Å²) in [5, 5.41) is 0.367. The Bertz CT molecular complexity index is 532. The van der Waals surface area contributed by atoms with Crippen LogP contribution in [0.1, 0.15) is 42.2 Å². The van der Waals surface area contributed by atoms with E-state index in [9.17, 15) is 4.79 Å². The zero-order valence-electron chi connectivity index (χ0n) is 11.7. The number of hydrogen-bond donors (Lipinski definition) is 0. The molecule has 0 unspecified atom stereocenters. The molecule has 0 bridgehead atoms. The van der Waals surface area contributed by atoms with Crippen molar-refractivity contribution in [1.82, 2.24) is 9.88 Å². The molecule has 1 heterocycles. The molecule has 20 heavy (non-hydrogen) atoms. The molecular formula is C16H19ClN2O. The lowest BCUT2D eigenvalue weighted by atomic mass is 10.1. The Morgan fingerprint density at radius 3 is 2.90 bits per heavy atom. The minimum atomic E-state index is -0.0449. The van der Waals surface area contributed by atoms with Crippen molar-refractivity contribution in [1.29, 1.82) is 0 Å². The van der Waals surface area contributed by atoms with Gasteiger partial charge in [-0.15, -0.1) is 6.42 Å². The monoisotopic (exact) mass is 290 g/mol. The molecule has 1 aromatic rings. The Morgan fingerprint density at radius 2 is 2.30 bits per heavy atom. The number of rotatable bonds is 6. The second kappa shape index (κ2) is 6.76. The van der Waals surface area contributed by atoms with E-state index < -0.39 is 0 Å². The topological polar surface area (TPSA) is 33.2 Å². The van der Waals surface area contributed by atoms with E-state index in [1.54, 1.807) is 11.0 Å². The quantitative estimate of drug-likeness (QED) is 0.595. The number of nitrogens with zero attached hydrogens (tertiary/aromatic N) is 2. The van der Waals surface area contributed by atoms with Gasteiger partial charge < -0.3 is 4.90 Å². The average molecular weight is 291 g/mol. The number of amides is 1. The number of carbonyl (C=O) groups is 1. The van der Waals surface area contributed by atoms with E-state index in [1.807, 2.05) is 6.07 Å². The fraction of sp³-hybridized carbons (Fsp3) is 0.500. The normalized spacial score (nSPS) is 13.8. The Kier molecular flexibility index (Phi) is 5.03. The molecule has 0 spiro atoms. The third-order valence-electron chi connectivity index (χ3n) is 3.35. The molecule has 0 saturated heterocycles. The summed E-state index contributed by atoms with van der Waals surface area (Å²) in [5.74, 6) is 3.13. The number of pyridine rings is 1. The molecule has 2 rings (SSSR count). The predicted molar refractivity (Wildman–Crippen MR) is 80.7 cm³/mol. The number of hydrogen-bond acceptors (Lipinski definition) is 2. The number of terminal acetylenes is 1. The average Bonchev–Trinajstić information content (AvgIpc) is 3.21. The summed E-state index contributed by atoms with van der Waals surface area (Å²) in [6.07, 6.45) is 9.53. The molecule has 0 aromatic carbocycles. The van der Waals surface area contributed by atoms with Crippen LogP contribution in [0.4, 0.5) is 0 Å². The molecule has 3 nitrogen and oxygen atoms in total. The molecule has 0 radical (unpaired) electrons. The minimum Gasteiger partial charge on any atom is -0.327 e. The molecule has 106 valence electrons. The number of aromatic nitrogens is 1. The zero-order chi connectivity index (χ0) is 14.5. The number of carbonyl (C=O) groups excluding carboxylic acids is 1. The highest BCUT2D eigenvalue weighted by Crippen LogP contribution is 2.30. The molecular weight excluding hydrogens is 272 g/mol. The Morgan fingerprint density at radius 1 is 1.55 bits per heavy atom. The van der Waals surface area contributed by atoms with Gasteiger partial charge in [0.2, 0.25) is 0 Å². The lowest BCUT2D eigenvalue weighted by Crippen LogP contribution is -2.33. The van der Waals surface area contributed by atoms with Crippen LogP contribution in [0.3, 0.4) is 0 Å². The van der Waals surface area contributed by atoms with Crippen molar-refractivity contribution in [2.75, 3.05) is 13.1 Å². The zero-order valence-corrected chi connectivity index (χ0v) is 12.5. The summed E-state index contributed by atoms with van der Waals surface area (Å²) >= 11 is 6.01. The molecule has 0 aliphatic heterocycles. The molecule has 0 N–H and O–H groups in total. The first kappa shape index (κ1) is 14.9. The van der Waals surface area contributed by atoms with Crippen molar-refractivity contribution in [3.63, 3.8) is 0 Å². The van der Waals surface area contributed by atoms with E-state index in [4.69, 9.17) is 18.0 Å². The molecule has 1 fully saturated rings. The highest BCUT2D eigenvalue weighted by molar-refractivity contribution is 6.29. The summed E-state index contributed by atoms with van der Waals surface area (Å²) < 4.78 is 0. The van der Waals surface area contributed by atoms with Crippen LogP contribution < -0.4 is 0 Å². The summed E-state index contributed by atoms with van der Waals surface area (Å²) in [6.45, 7) is 3.16. The van der Waals surface area contributed by atoms with Crippen LogP contribution in [-0.2, 0) is 6.42 Å². The maximum Gasteiger partial charge on any atom is 0.254 e. The third-order valence-corrected chi connectivity index (χ3v) is 3.54. The molecule has 1 amide bonds. The van der Waals surface area contributed by atoms with Gasteiger partial charge in [0.05, 0.1) is 6.54 Å². The first-order valence-corrected chi connectivity index (χ1v) is 7.41. The second-order valence-electron chi connectivity index (χ2n) is 5.25. The number of halogens is 1. The van der Waals surface area contributed by atoms with Crippen molar-refractivity contribution in [2.45, 2.75) is 32.6 Å². The maximum absolute atomic E-state index is 12.6. The van der Waals surface area contributed by atoms with E-state index in [0.29, 0.717) is 23.2 Å². The standard InChI is InChI=1S/C16H19ClN2O/c1-3-5-14-9-13(10-15(17)18-14)16(20)19(8-4-2)11-12-6-7-12/h2,9-10,12H,3,5-8,11H2,1H3. The van der Waals surface area contributed by atoms with E-state index in [0.717, 1.165) is 25.1 Å².